The normalized spacial score (nSPS) is 16.9. The summed E-state index contributed by atoms with van der Waals surface area (Å²) in [5, 5.41) is 8.15. The number of hydrogen-bond donors (Lipinski definition) is 2. The summed E-state index contributed by atoms with van der Waals surface area (Å²) in [7, 11) is 1.73. The average molecular weight is 529 g/mol. The van der Waals surface area contributed by atoms with Crippen LogP contribution in [0.2, 0.25) is 0 Å². The highest BCUT2D eigenvalue weighted by Crippen LogP contribution is 2.29. The van der Waals surface area contributed by atoms with E-state index in [1.165, 1.54) is 4.88 Å². The van der Waals surface area contributed by atoms with E-state index in [0.29, 0.717) is 6.04 Å². The number of rotatable bonds is 7. The number of aliphatic imine (C=N–C) groups is 1. The van der Waals surface area contributed by atoms with Crippen LogP contribution in [0.25, 0.3) is 0 Å². The Bertz CT molecular complexity index is 782. The van der Waals surface area contributed by atoms with E-state index in [9.17, 15) is 0 Å². The van der Waals surface area contributed by atoms with E-state index in [1.54, 1.807) is 18.4 Å². The van der Waals surface area contributed by atoms with Gasteiger partial charge in [0, 0.05) is 49.7 Å². The summed E-state index contributed by atoms with van der Waals surface area (Å²) in [5.41, 5.74) is 1.16. The van der Waals surface area contributed by atoms with Crippen LogP contribution in [0, 0.1) is 6.92 Å². The number of para-hydroxylation sites is 2. The van der Waals surface area contributed by atoms with Crippen LogP contribution in [0.5, 0.6) is 5.75 Å². The highest BCUT2D eigenvalue weighted by Gasteiger charge is 2.22. The predicted molar refractivity (Wildman–Crippen MR) is 133 cm³/mol. The molecule has 1 fully saturated rings. The first-order chi connectivity index (χ1) is 13.7. The van der Waals surface area contributed by atoms with Gasteiger partial charge in [0.05, 0.1) is 17.8 Å². The van der Waals surface area contributed by atoms with Crippen LogP contribution in [0.15, 0.2) is 35.5 Å². The number of halogens is 1. The van der Waals surface area contributed by atoms with E-state index >= 15 is 0 Å². The molecule has 2 heterocycles. The van der Waals surface area contributed by atoms with Crippen molar-refractivity contribution in [2.75, 3.05) is 38.2 Å². The SMILES string of the molecule is CCNC(=NCCc1ncc(C)s1)NC1CCCN(c2ccccc2OC)C1.I. The molecular formula is C21H32IN5OS. The van der Waals surface area contributed by atoms with Gasteiger partial charge < -0.3 is 20.3 Å². The molecule has 1 aliphatic heterocycles. The van der Waals surface area contributed by atoms with Crippen molar-refractivity contribution in [3.63, 3.8) is 0 Å². The predicted octanol–water partition coefficient (Wildman–Crippen LogP) is 3.84. The molecule has 0 aliphatic carbocycles. The largest absolute Gasteiger partial charge is 0.495 e. The number of thiazole rings is 1. The second-order valence-corrected chi connectivity index (χ2v) is 8.30. The van der Waals surface area contributed by atoms with Crippen LogP contribution in [0.3, 0.4) is 0 Å². The van der Waals surface area contributed by atoms with Crippen LogP contribution in [-0.4, -0.2) is 50.3 Å². The van der Waals surface area contributed by atoms with Crippen molar-refractivity contribution >= 4 is 47.0 Å². The zero-order chi connectivity index (χ0) is 19.8. The molecule has 1 aromatic carbocycles. The Morgan fingerprint density at radius 1 is 1.38 bits per heavy atom. The Morgan fingerprint density at radius 3 is 2.93 bits per heavy atom. The third-order valence-corrected chi connectivity index (χ3v) is 5.77. The van der Waals surface area contributed by atoms with Crippen molar-refractivity contribution < 1.29 is 4.74 Å². The fourth-order valence-corrected chi connectivity index (χ4v) is 4.27. The number of nitrogens with one attached hydrogen (secondary N) is 2. The lowest BCUT2D eigenvalue weighted by Crippen LogP contribution is -2.51. The third-order valence-electron chi connectivity index (χ3n) is 4.80. The molecule has 2 aromatic rings. The van der Waals surface area contributed by atoms with Gasteiger partial charge in [-0.3, -0.25) is 4.99 Å². The molecule has 0 spiro atoms. The van der Waals surface area contributed by atoms with E-state index in [4.69, 9.17) is 9.73 Å². The quantitative estimate of drug-likeness (QED) is 0.324. The minimum Gasteiger partial charge on any atom is -0.495 e. The number of anilines is 1. The molecule has 1 aromatic heterocycles. The van der Waals surface area contributed by atoms with Crippen LogP contribution < -0.4 is 20.3 Å². The molecule has 0 radical (unpaired) electrons. The second-order valence-electron chi connectivity index (χ2n) is 6.98. The van der Waals surface area contributed by atoms with Crippen molar-refractivity contribution in [1.82, 2.24) is 15.6 Å². The Hall–Kier alpha value is -1.55. The molecule has 6 nitrogen and oxygen atoms in total. The summed E-state index contributed by atoms with van der Waals surface area (Å²) < 4.78 is 5.55. The van der Waals surface area contributed by atoms with Gasteiger partial charge in [0.25, 0.3) is 0 Å². The van der Waals surface area contributed by atoms with Crippen molar-refractivity contribution in [1.29, 1.82) is 0 Å². The van der Waals surface area contributed by atoms with Crippen LogP contribution in [-0.2, 0) is 6.42 Å². The first-order valence-electron chi connectivity index (χ1n) is 10.0. The number of methoxy groups -OCH3 is 1. The highest BCUT2D eigenvalue weighted by atomic mass is 127. The summed E-state index contributed by atoms with van der Waals surface area (Å²) in [5.74, 6) is 1.82. The summed E-state index contributed by atoms with van der Waals surface area (Å²) in [4.78, 5) is 12.8. The van der Waals surface area contributed by atoms with Crippen molar-refractivity contribution in [3.05, 3.63) is 40.3 Å². The lowest BCUT2D eigenvalue weighted by atomic mass is 10.0. The lowest BCUT2D eigenvalue weighted by Gasteiger charge is -2.36. The Labute approximate surface area is 195 Å². The number of hydrogen-bond acceptors (Lipinski definition) is 5. The fourth-order valence-electron chi connectivity index (χ4n) is 3.50. The van der Waals surface area contributed by atoms with Gasteiger partial charge in [0.1, 0.15) is 5.75 Å². The van der Waals surface area contributed by atoms with Crippen molar-refractivity contribution in [2.24, 2.45) is 4.99 Å². The van der Waals surface area contributed by atoms with Crippen molar-refractivity contribution in [3.8, 4) is 5.75 Å². The zero-order valence-corrected chi connectivity index (χ0v) is 20.6. The summed E-state index contributed by atoms with van der Waals surface area (Å²) in [6.45, 7) is 7.78. The van der Waals surface area contributed by atoms with Gasteiger partial charge in [-0.15, -0.1) is 35.3 Å². The molecule has 1 atom stereocenters. The van der Waals surface area contributed by atoms with E-state index in [1.807, 2.05) is 18.3 Å². The van der Waals surface area contributed by atoms with Crippen molar-refractivity contribution in [2.45, 2.75) is 39.2 Å². The standard InChI is InChI=1S/C21H31N5OS.HI/c1-4-22-21(23-12-11-20-24-14-16(2)28-20)25-17-8-7-13-26(15-17)18-9-5-6-10-19(18)27-3;/h5-6,9-10,14,17H,4,7-8,11-13,15H2,1-3H3,(H2,22,23,25);1H. The summed E-state index contributed by atoms with van der Waals surface area (Å²) in [6, 6.07) is 8.61. The molecular weight excluding hydrogens is 497 g/mol. The van der Waals surface area contributed by atoms with Gasteiger partial charge in [-0.1, -0.05) is 12.1 Å². The third kappa shape index (κ3) is 7.02. The first kappa shape index (κ1) is 23.7. The maximum absolute atomic E-state index is 5.55. The molecule has 1 saturated heterocycles. The monoisotopic (exact) mass is 529 g/mol. The number of guanidine groups is 1. The van der Waals surface area contributed by atoms with E-state index < -0.39 is 0 Å². The number of piperidine rings is 1. The maximum atomic E-state index is 5.55. The average Bonchev–Trinajstić information content (AvgIpc) is 3.13. The van der Waals surface area contributed by atoms with E-state index in [0.717, 1.165) is 67.8 Å². The number of aryl methyl sites for hydroxylation is 1. The van der Waals surface area contributed by atoms with Gasteiger partial charge in [-0.05, 0) is 38.8 Å². The van der Waals surface area contributed by atoms with Crippen LogP contribution in [0.1, 0.15) is 29.7 Å². The topological polar surface area (TPSA) is 61.8 Å². The molecule has 1 unspecified atom stereocenters. The second kappa shape index (κ2) is 12.2. The number of aromatic nitrogens is 1. The molecule has 8 heteroatoms. The highest BCUT2D eigenvalue weighted by molar-refractivity contribution is 14.0. The minimum absolute atomic E-state index is 0. The Balaban J connectivity index is 0.00000300. The number of benzene rings is 1. The van der Waals surface area contributed by atoms with E-state index in [2.05, 4.69) is 46.5 Å². The molecule has 29 heavy (non-hydrogen) atoms. The molecule has 2 N–H and O–H groups in total. The van der Waals surface area contributed by atoms with Crippen LogP contribution >= 0.6 is 35.3 Å². The van der Waals surface area contributed by atoms with Gasteiger partial charge in [-0.25, -0.2) is 4.98 Å². The smallest absolute Gasteiger partial charge is 0.191 e. The summed E-state index contributed by atoms with van der Waals surface area (Å²) >= 11 is 1.75. The summed E-state index contributed by atoms with van der Waals surface area (Å²) in [6.07, 6.45) is 5.10. The van der Waals surface area contributed by atoms with E-state index in [-0.39, 0.29) is 24.0 Å². The molecule has 0 amide bonds. The minimum atomic E-state index is 0. The Kier molecular flexibility index (Phi) is 9.99. The zero-order valence-electron chi connectivity index (χ0n) is 17.5. The van der Waals surface area contributed by atoms with Gasteiger partial charge in [0.2, 0.25) is 0 Å². The molecule has 0 bridgehead atoms. The lowest BCUT2D eigenvalue weighted by molar-refractivity contribution is 0.408. The molecule has 160 valence electrons. The number of nitrogens with zero attached hydrogens (tertiary/aromatic N) is 3. The fraction of sp³-hybridized carbons (Fsp3) is 0.524. The molecule has 0 saturated carbocycles. The Morgan fingerprint density at radius 2 is 2.21 bits per heavy atom. The van der Waals surface area contributed by atoms with Gasteiger partial charge >= 0.3 is 0 Å². The molecule has 1 aliphatic rings. The van der Waals surface area contributed by atoms with Gasteiger partial charge in [-0.2, -0.15) is 0 Å². The molecule has 3 rings (SSSR count). The number of ether oxygens (including phenoxy) is 1. The van der Waals surface area contributed by atoms with Gasteiger partial charge in [0.15, 0.2) is 5.96 Å². The first-order valence-corrected chi connectivity index (χ1v) is 10.9. The van der Waals surface area contributed by atoms with Crippen LogP contribution in [0.4, 0.5) is 5.69 Å². The maximum Gasteiger partial charge on any atom is 0.191 e.